The molecule has 1 amide bonds. The van der Waals surface area contributed by atoms with Gasteiger partial charge in [0, 0.05) is 11.5 Å². The van der Waals surface area contributed by atoms with Crippen molar-refractivity contribution in [3.8, 4) is 11.6 Å². The van der Waals surface area contributed by atoms with E-state index < -0.39 is 0 Å². The second-order valence-electron chi connectivity index (χ2n) is 7.80. The van der Waals surface area contributed by atoms with Crippen LogP contribution < -0.4 is 10.1 Å². The highest BCUT2D eigenvalue weighted by Crippen LogP contribution is 2.26. The molecule has 2 aromatic carbocycles. The molecule has 1 N–H and O–H groups in total. The standard InChI is InChI=1S/C25H26N4O2/c1-16-10-12-21(13-11-16)29-25-24(19(4)28-29)17(2)14-23(27-25)31-15-22(30)26-18(3)20-8-6-5-7-9-20/h5-14,18H,15H2,1-4H3,(H,26,30)/t18-/m1/s1. The lowest BCUT2D eigenvalue weighted by molar-refractivity contribution is -0.123. The van der Waals surface area contributed by atoms with Gasteiger partial charge in [0.05, 0.1) is 17.4 Å². The number of hydrogen-bond acceptors (Lipinski definition) is 4. The lowest BCUT2D eigenvalue weighted by Gasteiger charge is -2.14. The highest BCUT2D eigenvalue weighted by molar-refractivity contribution is 5.84. The third-order valence-electron chi connectivity index (χ3n) is 5.29. The van der Waals surface area contributed by atoms with Crippen LogP contribution >= 0.6 is 0 Å². The van der Waals surface area contributed by atoms with Gasteiger partial charge in [-0.2, -0.15) is 10.1 Å². The van der Waals surface area contributed by atoms with E-state index in [4.69, 9.17) is 4.74 Å². The fourth-order valence-electron chi connectivity index (χ4n) is 3.66. The molecule has 4 rings (SSSR count). The van der Waals surface area contributed by atoms with Crippen LogP contribution in [0.2, 0.25) is 0 Å². The highest BCUT2D eigenvalue weighted by Gasteiger charge is 2.16. The Bertz CT molecular complexity index is 1210. The first-order valence-corrected chi connectivity index (χ1v) is 10.3. The Morgan fingerprint density at radius 3 is 2.48 bits per heavy atom. The topological polar surface area (TPSA) is 69.0 Å². The number of rotatable bonds is 6. The summed E-state index contributed by atoms with van der Waals surface area (Å²) in [6.45, 7) is 7.87. The predicted molar refractivity (Wildman–Crippen MR) is 122 cm³/mol. The number of pyridine rings is 1. The summed E-state index contributed by atoms with van der Waals surface area (Å²) < 4.78 is 7.57. The summed E-state index contributed by atoms with van der Waals surface area (Å²) in [4.78, 5) is 17.1. The van der Waals surface area contributed by atoms with Gasteiger partial charge in [-0.15, -0.1) is 0 Å². The van der Waals surface area contributed by atoms with Crippen molar-refractivity contribution in [2.75, 3.05) is 6.61 Å². The Balaban J connectivity index is 1.54. The summed E-state index contributed by atoms with van der Waals surface area (Å²) in [7, 11) is 0. The van der Waals surface area contributed by atoms with E-state index in [1.807, 2.05) is 93.0 Å². The number of fused-ring (bicyclic) bond motifs is 1. The van der Waals surface area contributed by atoms with Gasteiger partial charge in [-0.05, 0) is 51.0 Å². The van der Waals surface area contributed by atoms with Crippen LogP contribution in [0.25, 0.3) is 16.7 Å². The van der Waals surface area contributed by atoms with Crippen LogP contribution in [-0.4, -0.2) is 27.3 Å². The van der Waals surface area contributed by atoms with E-state index in [1.165, 1.54) is 5.56 Å². The summed E-state index contributed by atoms with van der Waals surface area (Å²) >= 11 is 0. The molecule has 2 heterocycles. The van der Waals surface area contributed by atoms with Crippen molar-refractivity contribution in [1.82, 2.24) is 20.1 Å². The molecule has 31 heavy (non-hydrogen) atoms. The Hall–Kier alpha value is -3.67. The number of nitrogens with zero attached hydrogens (tertiary/aromatic N) is 3. The molecule has 0 aliphatic rings. The zero-order chi connectivity index (χ0) is 22.0. The van der Waals surface area contributed by atoms with Gasteiger partial charge in [0.2, 0.25) is 5.88 Å². The quantitative estimate of drug-likeness (QED) is 0.501. The molecule has 0 saturated heterocycles. The second kappa shape index (κ2) is 8.60. The van der Waals surface area contributed by atoms with E-state index in [1.54, 1.807) is 0 Å². The first-order chi connectivity index (χ1) is 14.9. The predicted octanol–water partition coefficient (Wildman–Crippen LogP) is 4.60. The van der Waals surface area contributed by atoms with E-state index in [0.717, 1.165) is 33.5 Å². The minimum absolute atomic E-state index is 0.0971. The van der Waals surface area contributed by atoms with Crippen molar-refractivity contribution < 1.29 is 9.53 Å². The molecule has 158 valence electrons. The summed E-state index contributed by atoms with van der Waals surface area (Å²) in [6, 6.07) is 19.7. The maximum Gasteiger partial charge on any atom is 0.258 e. The summed E-state index contributed by atoms with van der Waals surface area (Å²) in [5, 5.41) is 8.63. The first kappa shape index (κ1) is 20.6. The molecule has 0 spiro atoms. The van der Waals surface area contributed by atoms with Gasteiger partial charge >= 0.3 is 0 Å². The fourth-order valence-corrected chi connectivity index (χ4v) is 3.66. The fraction of sp³-hybridized carbons (Fsp3) is 0.240. The summed E-state index contributed by atoms with van der Waals surface area (Å²) in [6.07, 6.45) is 0. The van der Waals surface area contributed by atoms with E-state index >= 15 is 0 Å². The van der Waals surface area contributed by atoms with Gasteiger partial charge in [0.1, 0.15) is 0 Å². The minimum atomic E-state index is -0.195. The molecule has 0 unspecified atom stereocenters. The highest BCUT2D eigenvalue weighted by atomic mass is 16.5. The van der Waals surface area contributed by atoms with Crippen LogP contribution in [0.15, 0.2) is 60.7 Å². The number of hydrogen-bond donors (Lipinski definition) is 1. The molecule has 6 heteroatoms. The van der Waals surface area contributed by atoms with Crippen LogP contribution in [-0.2, 0) is 4.79 Å². The van der Waals surface area contributed by atoms with Gasteiger partial charge in [0.15, 0.2) is 12.3 Å². The number of nitrogens with one attached hydrogen (secondary N) is 1. The van der Waals surface area contributed by atoms with Crippen LogP contribution in [0.1, 0.15) is 35.3 Å². The lowest BCUT2D eigenvalue weighted by atomic mass is 10.1. The van der Waals surface area contributed by atoms with Gasteiger partial charge in [-0.25, -0.2) is 4.68 Å². The molecular formula is C25H26N4O2. The van der Waals surface area contributed by atoms with Crippen LogP contribution in [0.4, 0.5) is 0 Å². The van der Waals surface area contributed by atoms with Crippen LogP contribution in [0, 0.1) is 20.8 Å². The van der Waals surface area contributed by atoms with Crippen molar-refractivity contribution in [2.45, 2.75) is 33.7 Å². The Labute approximate surface area is 181 Å². The number of ether oxygens (including phenoxy) is 1. The SMILES string of the molecule is Cc1ccc(-n2nc(C)c3c(C)cc(OCC(=O)N[C@H](C)c4ccccc4)nc32)cc1. The Morgan fingerprint density at radius 1 is 1.06 bits per heavy atom. The smallest absolute Gasteiger partial charge is 0.258 e. The largest absolute Gasteiger partial charge is 0.468 e. The first-order valence-electron chi connectivity index (χ1n) is 10.3. The van der Waals surface area contributed by atoms with Gasteiger partial charge in [-0.1, -0.05) is 48.0 Å². The molecular weight excluding hydrogens is 388 g/mol. The maximum atomic E-state index is 12.4. The summed E-state index contributed by atoms with van der Waals surface area (Å²) in [5.41, 5.74) is 5.79. The van der Waals surface area contributed by atoms with Crippen molar-refractivity contribution >= 4 is 16.9 Å². The molecule has 0 aliphatic heterocycles. The van der Waals surface area contributed by atoms with Crippen LogP contribution in [0.5, 0.6) is 5.88 Å². The van der Waals surface area contributed by atoms with Crippen LogP contribution in [0.3, 0.4) is 0 Å². The van der Waals surface area contributed by atoms with Gasteiger partial charge in [0.25, 0.3) is 5.91 Å². The Kier molecular flexibility index (Phi) is 5.71. The second-order valence-corrected chi connectivity index (χ2v) is 7.80. The van der Waals surface area contributed by atoms with Crippen molar-refractivity contribution in [3.63, 3.8) is 0 Å². The number of aryl methyl sites for hydroxylation is 3. The van der Waals surface area contributed by atoms with Crippen molar-refractivity contribution in [3.05, 3.63) is 83.0 Å². The van der Waals surface area contributed by atoms with E-state index in [2.05, 4.69) is 15.4 Å². The molecule has 0 fully saturated rings. The zero-order valence-electron chi connectivity index (χ0n) is 18.2. The average molecular weight is 415 g/mol. The van der Waals surface area contributed by atoms with Gasteiger partial charge in [-0.3, -0.25) is 4.79 Å². The zero-order valence-corrected chi connectivity index (χ0v) is 18.2. The maximum absolute atomic E-state index is 12.4. The monoisotopic (exact) mass is 414 g/mol. The number of carbonyl (C=O) groups excluding carboxylic acids is 1. The van der Waals surface area contributed by atoms with Gasteiger partial charge < -0.3 is 10.1 Å². The number of benzene rings is 2. The molecule has 2 aromatic heterocycles. The molecule has 1 atom stereocenters. The van der Waals surface area contributed by atoms with Crippen molar-refractivity contribution in [1.29, 1.82) is 0 Å². The van der Waals surface area contributed by atoms with E-state index in [9.17, 15) is 4.79 Å². The minimum Gasteiger partial charge on any atom is -0.468 e. The number of aromatic nitrogens is 3. The third-order valence-corrected chi connectivity index (χ3v) is 5.29. The molecule has 0 saturated carbocycles. The molecule has 6 nitrogen and oxygen atoms in total. The number of carbonyl (C=O) groups is 1. The summed E-state index contributed by atoms with van der Waals surface area (Å²) in [5.74, 6) is 0.208. The third kappa shape index (κ3) is 4.43. The lowest BCUT2D eigenvalue weighted by Crippen LogP contribution is -2.31. The number of amides is 1. The molecule has 4 aromatic rings. The average Bonchev–Trinajstić information content (AvgIpc) is 3.10. The Morgan fingerprint density at radius 2 is 1.77 bits per heavy atom. The normalized spacial score (nSPS) is 12.0. The molecule has 0 radical (unpaired) electrons. The van der Waals surface area contributed by atoms with Crippen molar-refractivity contribution in [2.24, 2.45) is 0 Å². The molecule has 0 aliphatic carbocycles. The molecule has 0 bridgehead atoms. The van der Waals surface area contributed by atoms with E-state index in [0.29, 0.717) is 5.88 Å². The van der Waals surface area contributed by atoms with E-state index in [-0.39, 0.29) is 18.6 Å².